The van der Waals surface area contributed by atoms with Gasteiger partial charge in [-0.15, -0.1) is 0 Å². The highest BCUT2D eigenvalue weighted by atomic mass is 32.7. The monoisotopic (exact) mass is 423 g/mol. The molecule has 0 radical (unpaired) electrons. The average Bonchev–Trinajstić information content (AvgIpc) is 2.27. The van der Waals surface area contributed by atoms with Gasteiger partial charge in [-0.1, -0.05) is 35.4 Å². The van der Waals surface area contributed by atoms with Crippen LogP contribution in [0.3, 0.4) is 0 Å². The second-order valence-corrected chi connectivity index (χ2v) is 34.4. The summed E-state index contributed by atoms with van der Waals surface area (Å²) in [5.74, 6) is 3.18. The summed E-state index contributed by atoms with van der Waals surface area (Å²) in [6.45, 7) is 5.04. The molecule has 9 atom stereocenters. The van der Waals surface area contributed by atoms with Crippen LogP contribution in [-0.4, -0.2) is 37.0 Å². The maximum Gasteiger partial charge on any atom is 0.160 e. The van der Waals surface area contributed by atoms with E-state index in [1.165, 1.54) is 34.8 Å². The minimum atomic E-state index is -0.0446. The highest BCUT2D eigenvalue weighted by molar-refractivity contribution is 8.73. The van der Waals surface area contributed by atoms with Crippen molar-refractivity contribution in [1.82, 2.24) is 0 Å². The summed E-state index contributed by atoms with van der Waals surface area (Å²) >= 11 is 0. The van der Waals surface area contributed by atoms with Crippen molar-refractivity contribution < 1.29 is 0 Å². The van der Waals surface area contributed by atoms with E-state index in [4.69, 9.17) is 0 Å². The third-order valence-electron chi connectivity index (χ3n) is 2.41. The molecule has 0 rings (SSSR count). The molecular formula is C7H29P10+3. The molecule has 0 bridgehead atoms. The van der Waals surface area contributed by atoms with Crippen LogP contribution >= 0.6 is 82.1 Å². The second-order valence-electron chi connectivity index (χ2n) is 4.02. The number of hydrogen-bond acceptors (Lipinski definition) is 0. The Balaban J connectivity index is 3.90. The van der Waals surface area contributed by atoms with Gasteiger partial charge in [0.05, 0.1) is 48.4 Å². The molecule has 0 aliphatic carbocycles. The molecule has 0 aromatic rings. The SMILES string of the molecule is CC[PH+](C[PH+](CCPC[PH+](C)P)P(P)P)PP. The van der Waals surface area contributed by atoms with Gasteiger partial charge in [0, 0.05) is 29.4 Å². The van der Waals surface area contributed by atoms with Gasteiger partial charge >= 0.3 is 0 Å². The molecule has 0 heterocycles. The normalized spacial score (nSPS) is 18.5. The largest absolute Gasteiger partial charge is 0.160 e. The molecule has 0 spiro atoms. The van der Waals surface area contributed by atoms with Crippen molar-refractivity contribution in [2.75, 3.05) is 37.0 Å². The summed E-state index contributed by atoms with van der Waals surface area (Å²) in [5, 5.41) is 0. The first-order valence-electron chi connectivity index (χ1n) is 5.75. The van der Waals surface area contributed by atoms with Crippen molar-refractivity contribution in [1.29, 1.82) is 0 Å². The predicted octanol–water partition coefficient (Wildman–Crippen LogP) is 6.02. The van der Waals surface area contributed by atoms with E-state index >= 15 is 0 Å². The molecule has 0 saturated carbocycles. The summed E-state index contributed by atoms with van der Waals surface area (Å²) in [7, 11) is 14.6. The fraction of sp³-hybridized carbons (Fsp3) is 1.00. The zero-order valence-corrected chi connectivity index (χ0v) is 21.3. The zero-order chi connectivity index (χ0) is 13.3. The molecule has 0 nitrogen and oxygen atoms in total. The quantitative estimate of drug-likeness (QED) is 0.298. The Morgan fingerprint density at radius 1 is 1.29 bits per heavy atom. The third-order valence-corrected chi connectivity index (χ3v) is 33.1. The van der Waals surface area contributed by atoms with Crippen molar-refractivity contribution in [3.63, 3.8) is 0 Å². The maximum absolute atomic E-state index is 3.12. The Morgan fingerprint density at radius 3 is 2.35 bits per heavy atom. The molecule has 10 heteroatoms. The lowest BCUT2D eigenvalue weighted by molar-refractivity contribution is 1.50. The second kappa shape index (κ2) is 13.9. The van der Waals surface area contributed by atoms with Gasteiger partial charge in [0.25, 0.3) is 0 Å². The molecule has 17 heavy (non-hydrogen) atoms. The maximum atomic E-state index is 3.12. The van der Waals surface area contributed by atoms with E-state index in [1.807, 2.05) is 0 Å². The molecule has 0 aromatic heterocycles. The lowest BCUT2D eigenvalue weighted by atomic mass is 11.0. The van der Waals surface area contributed by atoms with Gasteiger partial charge in [0.15, 0.2) is 5.90 Å². The summed E-state index contributed by atoms with van der Waals surface area (Å²) in [5.41, 5.74) is 0. The topological polar surface area (TPSA) is 0 Å². The van der Waals surface area contributed by atoms with Gasteiger partial charge < -0.3 is 0 Å². The molecule has 0 aromatic carbocycles. The minimum Gasteiger partial charge on any atom is -0.0784 e. The summed E-state index contributed by atoms with van der Waals surface area (Å²) < 4.78 is 0. The Labute approximate surface area is 125 Å². The molecule has 9 unspecified atom stereocenters. The van der Waals surface area contributed by atoms with Crippen LogP contribution in [0.25, 0.3) is 0 Å². The van der Waals surface area contributed by atoms with E-state index in [0.29, 0.717) is 0 Å². The number of hydrogen-bond donors (Lipinski definition) is 0. The lowest BCUT2D eigenvalue weighted by Crippen LogP contribution is -1.88. The van der Waals surface area contributed by atoms with Crippen LogP contribution in [0.5, 0.6) is 0 Å². The van der Waals surface area contributed by atoms with Crippen LogP contribution in [0.15, 0.2) is 0 Å². The summed E-state index contributed by atoms with van der Waals surface area (Å²) in [6, 6.07) is 0. The van der Waals surface area contributed by atoms with Crippen LogP contribution in [-0.2, 0) is 0 Å². The molecular weight excluding hydrogens is 394 g/mol. The smallest absolute Gasteiger partial charge is 0.0784 e. The zero-order valence-electron chi connectivity index (χ0n) is 10.8. The first kappa shape index (κ1) is 21.3. The van der Waals surface area contributed by atoms with E-state index in [1.54, 1.807) is 12.1 Å². The summed E-state index contributed by atoms with van der Waals surface area (Å²) in [4.78, 5) is 0. The predicted molar refractivity (Wildman–Crippen MR) is 123 cm³/mol. The molecule has 0 saturated heterocycles. The average molecular weight is 423 g/mol. The summed E-state index contributed by atoms with van der Waals surface area (Å²) in [6.07, 6.45) is 4.60. The van der Waals surface area contributed by atoms with Gasteiger partial charge in [0.1, 0.15) is 0 Å². The Kier molecular flexibility index (Phi) is 17.5. The van der Waals surface area contributed by atoms with Gasteiger partial charge in [0.2, 0.25) is 0 Å². The van der Waals surface area contributed by atoms with E-state index < -0.39 is 0 Å². The van der Waals surface area contributed by atoms with E-state index in [0.717, 1.165) is 0 Å². The highest BCUT2D eigenvalue weighted by Gasteiger charge is 2.28. The molecule has 0 aliphatic heterocycles. The van der Waals surface area contributed by atoms with E-state index in [2.05, 4.69) is 49.3 Å². The molecule has 0 fully saturated rings. The Morgan fingerprint density at radius 2 is 1.94 bits per heavy atom. The standard InChI is InChI=1S/C7H26P10/c1-3-15(13-8)7-16(17(10)11)5-4-12-6-14(2)9/h12-13H,3-11H2,1-2H3/p+3. The molecule has 0 aliphatic rings. The Bertz CT molecular complexity index is 170. The fourth-order valence-corrected chi connectivity index (χ4v) is 33.9. The van der Waals surface area contributed by atoms with Crippen molar-refractivity contribution in [2.24, 2.45) is 0 Å². The number of rotatable bonds is 10. The highest BCUT2D eigenvalue weighted by Crippen LogP contribution is 2.83. The van der Waals surface area contributed by atoms with E-state index in [9.17, 15) is 0 Å². The van der Waals surface area contributed by atoms with Crippen LogP contribution in [0.1, 0.15) is 6.92 Å². The molecule has 0 amide bonds. The van der Waals surface area contributed by atoms with Crippen molar-refractivity contribution in [3.8, 4) is 0 Å². The first-order chi connectivity index (χ1) is 8.01. The molecule has 104 valence electrons. The first-order valence-corrected chi connectivity index (χ1v) is 24.2. The van der Waals surface area contributed by atoms with Gasteiger partial charge in [-0.3, -0.25) is 0 Å². The minimum absolute atomic E-state index is 0.0115. The third kappa shape index (κ3) is 12.5. The van der Waals surface area contributed by atoms with Crippen LogP contribution in [0.2, 0.25) is 0 Å². The van der Waals surface area contributed by atoms with Gasteiger partial charge in [-0.25, -0.2) is 0 Å². The Hall–Kier alpha value is 4.30. The van der Waals surface area contributed by atoms with Crippen LogP contribution < -0.4 is 0 Å². The fourth-order valence-electron chi connectivity index (χ4n) is 1.35. The van der Waals surface area contributed by atoms with Crippen molar-refractivity contribution in [3.05, 3.63) is 0 Å². The van der Waals surface area contributed by atoms with Gasteiger partial charge in [-0.05, 0) is 6.92 Å². The van der Waals surface area contributed by atoms with Gasteiger partial charge in [-0.2, -0.15) is 0 Å². The van der Waals surface area contributed by atoms with Crippen LogP contribution in [0.4, 0.5) is 0 Å². The van der Waals surface area contributed by atoms with Crippen LogP contribution in [0, 0.1) is 0 Å². The lowest BCUT2D eigenvalue weighted by Gasteiger charge is -2.14. The van der Waals surface area contributed by atoms with E-state index in [-0.39, 0.29) is 29.8 Å². The molecule has 0 N–H and O–H groups in total. The van der Waals surface area contributed by atoms with Crippen molar-refractivity contribution in [2.45, 2.75) is 6.92 Å². The van der Waals surface area contributed by atoms with Crippen molar-refractivity contribution >= 4 is 82.1 Å².